The van der Waals surface area contributed by atoms with E-state index in [0.29, 0.717) is 13.1 Å². The van der Waals surface area contributed by atoms with Crippen LogP contribution in [0, 0.1) is 5.82 Å². The van der Waals surface area contributed by atoms with Crippen LogP contribution >= 0.6 is 11.8 Å². The Morgan fingerprint density at radius 3 is 2.48 bits per heavy atom. The van der Waals surface area contributed by atoms with E-state index in [0.717, 1.165) is 33.1 Å². The van der Waals surface area contributed by atoms with Gasteiger partial charge in [-0.05, 0) is 43.8 Å². The summed E-state index contributed by atoms with van der Waals surface area (Å²) in [6, 6.07) is 13.7. The zero-order valence-corrected chi connectivity index (χ0v) is 19.3. The molecule has 0 N–H and O–H groups in total. The molecule has 2 heterocycles. The molecule has 0 saturated carbocycles. The van der Waals surface area contributed by atoms with Crippen molar-refractivity contribution >= 4 is 45.8 Å². The van der Waals surface area contributed by atoms with E-state index < -0.39 is 17.0 Å². The van der Waals surface area contributed by atoms with Gasteiger partial charge >= 0.3 is 0 Å². The van der Waals surface area contributed by atoms with Crippen molar-refractivity contribution in [3.8, 4) is 0 Å². The zero-order valence-electron chi connectivity index (χ0n) is 18.5. The molecule has 0 bridgehead atoms. The van der Waals surface area contributed by atoms with Crippen molar-refractivity contribution in [2.24, 2.45) is 0 Å². The predicted octanol–water partition coefficient (Wildman–Crippen LogP) is 4.89. The summed E-state index contributed by atoms with van der Waals surface area (Å²) < 4.78 is 15.9. The minimum atomic E-state index is -0.457. The monoisotopic (exact) mass is 465 g/mol. The van der Waals surface area contributed by atoms with Crippen LogP contribution in [0.25, 0.3) is 17.0 Å². The highest BCUT2D eigenvalue weighted by molar-refractivity contribution is 8.18. The molecule has 1 aliphatic rings. The molecule has 6 nitrogen and oxygen atoms in total. The van der Waals surface area contributed by atoms with Crippen molar-refractivity contribution in [1.29, 1.82) is 0 Å². The van der Waals surface area contributed by atoms with Crippen LogP contribution in [0.2, 0.25) is 0 Å². The molecular weight excluding hydrogens is 441 g/mol. The van der Waals surface area contributed by atoms with Gasteiger partial charge in [0, 0.05) is 41.3 Å². The van der Waals surface area contributed by atoms with Gasteiger partial charge in [-0.2, -0.15) is 0 Å². The molecule has 170 valence electrons. The molecule has 1 aromatic heterocycles. The number of likely N-dealkylation sites (N-methyl/N-ethyl adjacent to an activating group) is 1. The smallest absolute Gasteiger partial charge is 0.293 e. The van der Waals surface area contributed by atoms with Crippen molar-refractivity contribution < 1.29 is 18.8 Å². The van der Waals surface area contributed by atoms with Crippen LogP contribution in [0.1, 0.15) is 25.0 Å². The Kier molecular flexibility index (Phi) is 6.65. The lowest BCUT2D eigenvalue weighted by atomic mass is 10.1. The maximum absolute atomic E-state index is 14.0. The maximum Gasteiger partial charge on any atom is 0.293 e. The molecule has 0 spiro atoms. The molecule has 1 fully saturated rings. The van der Waals surface area contributed by atoms with Crippen molar-refractivity contribution in [3.63, 3.8) is 0 Å². The number of halogens is 1. The first-order chi connectivity index (χ1) is 15.9. The summed E-state index contributed by atoms with van der Waals surface area (Å²) in [5.41, 5.74) is 1.90. The number of carbonyl (C=O) groups is 3. The van der Waals surface area contributed by atoms with Gasteiger partial charge in [-0.25, -0.2) is 4.39 Å². The number of benzene rings is 2. The van der Waals surface area contributed by atoms with E-state index in [1.54, 1.807) is 29.2 Å². The average molecular weight is 466 g/mol. The van der Waals surface area contributed by atoms with Crippen LogP contribution in [0.15, 0.2) is 59.6 Å². The molecule has 3 aromatic rings. The summed E-state index contributed by atoms with van der Waals surface area (Å²) >= 11 is 0.837. The molecule has 8 heteroatoms. The lowest BCUT2D eigenvalue weighted by Crippen LogP contribution is -2.33. The number of rotatable bonds is 7. The fourth-order valence-corrected chi connectivity index (χ4v) is 4.75. The molecule has 3 amide bonds. The topological polar surface area (TPSA) is 62.6 Å². The second kappa shape index (κ2) is 9.62. The van der Waals surface area contributed by atoms with E-state index in [2.05, 4.69) is 0 Å². The SMILES string of the molecule is CCN(CC)C(=O)Cn1cc(/C=C2\SC(=O)N(Cc3ccccc3F)C2=O)c2ccccc21. The molecule has 4 rings (SSSR count). The number of nitrogens with zero attached hydrogens (tertiary/aromatic N) is 3. The normalized spacial score (nSPS) is 15.1. The Morgan fingerprint density at radius 1 is 1.06 bits per heavy atom. The lowest BCUT2D eigenvalue weighted by Gasteiger charge is -2.19. The van der Waals surface area contributed by atoms with Crippen LogP contribution in [0.5, 0.6) is 0 Å². The third-order valence-corrected chi connectivity index (χ3v) is 6.60. The fourth-order valence-electron chi connectivity index (χ4n) is 3.92. The minimum absolute atomic E-state index is 0.0116. The molecule has 0 aliphatic carbocycles. The molecular formula is C25H24FN3O3S. The van der Waals surface area contributed by atoms with Gasteiger partial charge in [0.2, 0.25) is 5.91 Å². The Hall–Kier alpha value is -3.39. The van der Waals surface area contributed by atoms with E-state index >= 15 is 0 Å². The fraction of sp³-hybridized carbons (Fsp3) is 0.240. The summed E-state index contributed by atoms with van der Waals surface area (Å²) in [5, 5.41) is 0.445. The van der Waals surface area contributed by atoms with Gasteiger partial charge in [-0.15, -0.1) is 0 Å². The van der Waals surface area contributed by atoms with E-state index in [1.165, 1.54) is 6.07 Å². The van der Waals surface area contributed by atoms with Gasteiger partial charge in [-0.3, -0.25) is 19.3 Å². The molecule has 0 radical (unpaired) electrons. The van der Waals surface area contributed by atoms with Gasteiger partial charge in [0.05, 0.1) is 11.4 Å². The van der Waals surface area contributed by atoms with E-state index in [1.807, 2.05) is 48.9 Å². The number of hydrogen-bond donors (Lipinski definition) is 0. The van der Waals surface area contributed by atoms with Gasteiger partial charge in [0.1, 0.15) is 12.4 Å². The molecule has 33 heavy (non-hydrogen) atoms. The average Bonchev–Trinajstić information content (AvgIpc) is 3.28. The van der Waals surface area contributed by atoms with E-state index in [4.69, 9.17) is 0 Å². The van der Waals surface area contributed by atoms with Crippen LogP contribution in [0.4, 0.5) is 9.18 Å². The predicted molar refractivity (Wildman–Crippen MR) is 128 cm³/mol. The molecule has 0 unspecified atom stereocenters. The Balaban J connectivity index is 1.64. The highest BCUT2D eigenvalue weighted by atomic mass is 32.2. The molecule has 1 saturated heterocycles. The highest BCUT2D eigenvalue weighted by Gasteiger charge is 2.35. The number of fused-ring (bicyclic) bond motifs is 1. The van der Waals surface area contributed by atoms with Crippen LogP contribution in [-0.2, 0) is 22.7 Å². The van der Waals surface area contributed by atoms with Gasteiger partial charge in [0.15, 0.2) is 0 Å². The summed E-state index contributed by atoms with van der Waals surface area (Å²) in [5.74, 6) is -0.900. The minimum Gasteiger partial charge on any atom is -0.342 e. The number of para-hydroxylation sites is 1. The summed E-state index contributed by atoms with van der Waals surface area (Å²) in [6.07, 6.45) is 3.50. The van der Waals surface area contributed by atoms with Crippen LogP contribution in [-0.4, -0.2) is 44.5 Å². The summed E-state index contributed by atoms with van der Waals surface area (Å²) in [6.45, 7) is 5.22. The second-order valence-corrected chi connectivity index (χ2v) is 8.65. The maximum atomic E-state index is 14.0. The van der Waals surface area contributed by atoms with Gasteiger partial charge in [0.25, 0.3) is 11.1 Å². The van der Waals surface area contributed by atoms with Crippen molar-refractivity contribution in [1.82, 2.24) is 14.4 Å². The van der Waals surface area contributed by atoms with Crippen molar-refractivity contribution in [2.45, 2.75) is 26.9 Å². The number of hydrogen-bond acceptors (Lipinski definition) is 4. The third kappa shape index (κ3) is 4.57. The van der Waals surface area contributed by atoms with E-state index in [-0.39, 0.29) is 29.5 Å². The Labute approximate surface area is 195 Å². The highest BCUT2D eigenvalue weighted by Crippen LogP contribution is 2.35. The quantitative estimate of drug-likeness (QED) is 0.467. The second-order valence-electron chi connectivity index (χ2n) is 7.65. The number of aromatic nitrogens is 1. The molecule has 1 aliphatic heterocycles. The number of carbonyl (C=O) groups excluding carboxylic acids is 3. The first-order valence-electron chi connectivity index (χ1n) is 10.8. The molecule has 0 atom stereocenters. The Morgan fingerprint density at radius 2 is 1.76 bits per heavy atom. The Bertz CT molecular complexity index is 1260. The lowest BCUT2D eigenvalue weighted by molar-refractivity contribution is -0.131. The van der Waals surface area contributed by atoms with Gasteiger partial charge in [-0.1, -0.05) is 36.4 Å². The largest absolute Gasteiger partial charge is 0.342 e. The summed E-state index contributed by atoms with van der Waals surface area (Å²) in [7, 11) is 0. The standard InChI is InChI=1S/C25H24FN3O3S/c1-3-27(4-2)23(30)16-28-14-18(19-10-6-8-12-21(19)28)13-22-24(31)29(25(32)33-22)15-17-9-5-7-11-20(17)26/h5-14H,3-4,15-16H2,1-2H3/b22-13-. The first-order valence-corrected chi connectivity index (χ1v) is 11.6. The number of thioether (sulfide) groups is 1. The van der Waals surface area contributed by atoms with E-state index in [9.17, 15) is 18.8 Å². The first kappa shape index (κ1) is 22.8. The number of amides is 3. The van der Waals surface area contributed by atoms with Gasteiger partial charge < -0.3 is 9.47 Å². The van der Waals surface area contributed by atoms with Crippen molar-refractivity contribution in [2.75, 3.05) is 13.1 Å². The molecule has 2 aromatic carbocycles. The van der Waals surface area contributed by atoms with Crippen LogP contribution < -0.4 is 0 Å². The zero-order chi connectivity index (χ0) is 23.5. The van der Waals surface area contributed by atoms with Crippen molar-refractivity contribution in [3.05, 3.63) is 76.6 Å². The third-order valence-electron chi connectivity index (χ3n) is 5.69. The summed E-state index contributed by atoms with van der Waals surface area (Å²) in [4.78, 5) is 41.2. The number of imide groups is 1. The van der Waals surface area contributed by atoms with Crippen LogP contribution in [0.3, 0.4) is 0 Å².